The van der Waals surface area contributed by atoms with Gasteiger partial charge < -0.3 is 5.32 Å². The summed E-state index contributed by atoms with van der Waals surface area (Å²) in [5.74, 6) is 0.830. The van der Waals surface area contributed by atoms with E-state index >= 15 is 0 Å². The average molecular weight is 199 g/mol. The third-order valence-electron chi connectivity index (χ3n) is 2.44. The van der Waals surface area contributed by atoms with Crippen LogP contribution in [-0.4, -0.2) is 12.6 Å². The van der Waals surface area contributed by atoms with Crippen LogP contribution in [0.15, 0.2) is 0 Å². The highest BCUT2D eigenvalue weighted by molar-refractivity contribution is 4.74. The van der Waals surface area contributed by atoms with Gasteiger partial charge >= 0.3 is 0 Å². The molecule has 0 fully saturated rings. The van der Waals surface area contributed by atoms with Gasteiger partial charge in [-0.2, -0.15) is 0 Å². The zero-order valence-electron chi connectivity index (χ0n) is 11.0. The molecule has 0 rings (SSSR count). The third-order valence-corrected chi connectivity index (χ3v) is 2.44. The van der Waals surface area contributed by atoms with Crippen LogP contribution in [0.3, 0.4) is 0 Å². The Morgan fingerprint density at radius 1 is 1.07 bits per heavy atom. The maximum Gasteiger partial charge on any atom is 0.00720 e. The van der Waals surface area contributed by atoms with Crippen LogP contribution in [0, 0.1) is 11.3 Å². The average Bonchev–Trinajstić information content (AvgIpc) is 1.98. The minimum Gasteiger partial charge on any atom is -0.314 e. The third kappa shape index (κ3) is 8.55. The first kappa shape index (κ1) is 14.0. The highest BCUT2D eigenvalue weighted by Crippen LogP contribution is 2.23. The van der Waals surface area contributed by atoms with E-state index in [0.717, 1.165) is 12.5 Å². The van der Waals surface area contributed by atoms with E-state index in [-0.39, 0.29) is 0 Å². The molecule has 0 aromatic carbocycles. The zero-order chi connectivity index (χ0) is 11.2. The van der Waals surface area contributed by atoms with Crippen molar-refractivity contribution < 1.29 is 0 Å². The molecule has 0 radical (unpaired) electrons. The van der Waals surface area contributed by atoms with Crippen LogP contribution >= 0.6 is 0 Å². The van der Waals surface area contributed by atoms with E-state index in [1.54, 1.807) is 0 Å². The predicted molar refractivity (Wildman–Crippen MR) is 65.6 cm³/mol. The lowest BCUT2D eigenvalue weighted by Crippen LogP contribution is -2.33. The van der Waals surface area contributed by atoms with E-state index in [9.17, 15) is 0 Å². The van der Waals surface area contributed by atoms with Crippen molar-refractivity contribution in [3.8, 4) is 0 Å². The van der Waals surface area contributed by atoms with Gasteiger partial charge in [0.1, 0.15) is 0 Å². The number of rotatable bonds is 6. The quantitative estimate of drug-likeness (QED) is 0.685. The van der Waals surface area contributed by atoms with E-state index < -0.39 is 0 Å². The summed E-state index contributed by atoms with van der Waals surface area (Å²) in [4.78, 5) is 0. The Balaban J connectivity index is 3.89. The van der Waals surface area contributed by atoms with Crippen molar-refractivity contribution in [3.63, 3.8) is 0 Å². The smallest absolute Gasteiger partial charge is 0.00720 e. The van der Waals surface area contributed by atoms with Gasteiger partial charge in [0.15, 0.2) is 0 Å². The molecule has 14 heavy (non-hydrogen) atoms. The molecule has 0 aliphatic carbocycles. The van der Waals surface area contributed by atoms with Gasteiger partial charge in [0.25, 0.3) is 0 Å². The minimum absolute atomic E-state index is 0.448. The van der Waals surface area contributed by atoms with Gasteiger partial charge in [0, 0.05) is 6.04 Å². The minimum atomic E-state index is 0.448. The van der Waals surface area contributed by atoms with Crippen LogP contribution < -0.4 is 5.32 Å². The van der Waals surface area contributed by atoms with Crippen LogP contribution in [0.1, 0.15) is 60.8 Å². The van der Waals surface area contributed by atoms with Gasteiger partial charge in [-0.3, -0.25) is 0 Å². The topological polar surface area (TPSA) is 12.0 Å². The molecule has 0 aliphatic rings. The monoisotopic (exact) mass is 199 g/mol. The van der Waals surface area contributed by atoms with Gasteiger partial charge in [-0.15, -0.1) is 0 Å². The Morgan fingerprint density at radius 3 is 2.00 bits per heavy atom. The number of hydrogen-bond acceptors (Lipinski definition) is 1. The maximum atomic E-state index is 3.59. The Hall–Kier alpha value is -0.0400. The summed E-state index contributed by atoms with van der Waals surface area (Å²) < 4.78 is 0. The van der Waals surface area contributed by atoms with Crippen molar-refractivity contribution in [2.45, 2.75) is 66.8 Å². The molecule has 1 unspecified atom stereocenters. The van der Waals surface area contributed by atoms with Crippen LogP contribution in [0.4, 0.5) is 0 Å². The van der Waals surface area contributed by atoms with Crippen molar-refractivity contribution in [1.82, 2.24) is 5.32 Å². The summed E-state index contributed by atoms with van der Waals surface area (Å²) in [5, 5.41) is 3.59. The van der Waals surface area contributed by atoms with Crippen LogP contribution in [0.25, 0.3) is 0 Å². The molecule has 86 valence electrons. The van der Waals surface area contributed by atoms with Crippen molar-refractivity contribution in [2.24, 2.45) is 11.3 Å². The molecule has 1 N–H and O–H groups in total. The van der Waals surface area contributed by atoms with Gasteiger partial charge in [-0.25, -0.2) is 0 Å². The molecule has 0 aliphatic heterocycles. The fourth-order valence-corrected chi connectivity index (χ4v) is 1.84. The van der Waals surface area contributed by atoms with Gasteiger partial charge in [-0.1, -0.05) is 41.5 Å². The maximum absolute atomic E-state index is 3.59. The fraction of sp³-hybridized carbons (Fsp3) is 1.00. The number of hydrogen-bond donors (Lipinski definition) is 1. The van der Waals surface area contributed by atoms with E-state index in [0.29, 0.717) is 11.5 Å². The molecule has 0 heterocycles. The summed E-state index contributed by atoms with van der Waals surface area (Å²) >= 11 is 0. The lowest BCUT2D eigenvalue weighted by Gasteiger charge is -2.27. The first-order chi connectivity index (χ1) is 6.35. The van der Waals surface area contributed by atoms with Crippen molar-refractivity contribution in [2.75, 3.05) is 6.54 Å². The second kappa shape index (κ2) is 6.44. The van der Waals surface area contributed by atoms with Gasteiger partial charge in [0.05, 0.1) is 0 Å². The Labute approximate surface area is 90.7 Å². The van der Waals surface area contributed by atoms with E-state index in [4.69, 9.17) is 0 Å². The highest BCUT2D eigenvalue weighted by Gasteiger charge is 2.17. The SMILES string of the molecule is CCNC(CCC(C)C)CC(C)(C)C. The summed E-state index contributed by atoms with van der Waals surface area (Å²) in [7, 11) is 0. The largest absolute Gasteiger partial charge is 0.314 e. The van der Waals surface area contributed by atoms with Crippen molar-refractivity contribution in [3.05, 3.63) is 0 Å². The second-order valence-corrected chi connectivity index (χ2v) is 5.99. The molecule has 0 spiro atoms. The normalized spacial score (nSPS) is 14.8. The van der Waals surface area contributed by atoms with Crippen molar-refractivity contribution >= 4 is 0 Å². The molecule has 0 amide bonds. The van der Waals surface area contributed by atoms with Gasteiger partial charge in [-0.05, 0) is 37.1 Å². The summed E-state index contributed by atoms with van der Waals surface area (Å²) in [6.45, 7) is 14.9. The zero-order valence-corrected chi connectivity index (χ0v) is 11.0. The van der Waals surface area contributed by atoms with Gasteiger partial charge in [0.2, 0.25) is 0 Å². The Morgan fingerprint density at radius 2 is 1.64 bits per heavy atom. The molecule has 0 aromatic heterocycles. The van der Waals surface area contributed by atoms with E-state index in [1.165, 1.54) is 19.3 Å². The van der Waals surface area contributed by atoms with E-state index in [1.807, 2.05) is 0 Å². The molecule has 0 aromatic rings. The number of nitrogens with one attached hydrogen (secondary N) is 1. The van der Waals surface area contributed by atoms with Crippen molar-refractivity contribution in [1.29, 1.82) is 0 Å². The predicted octanol–water partition coefficient (Wildman–Crippen LogP) is 3.84. The van der Waals surface area contributed by atoms with Crippen LogP contribution in [0.5, 0.6) is 0 Å². The fourth-order valence-electron chi connectivity index (χ4n) is 1.84. The molecule has 1 nitrogen and oxygen atoms in total. The molecular weight excluding hydrogens is 170 g/mol. The Bertz CT molecular complexity index is 133. The Kier molecular flexibility index (Phi) is 6.43. The molecule has 1 atom stereocenters. The summed E-state index contributed by atoms with van der Waals surface area (Å²) in [5.41, 5.74) is 0.448. The van der Waals surface area contributed by atoms with E-state index in [2.05, 4.69) is 46.9 Å². The lowest BCUT2D eigenvalue weighted by atomic mass is 9.85. The summed E-state index contributed by atoms with van der Waals surface area (Å²) in [6.07, 6.45) is 3.95. The second-order valence-electron chi connectivity index (χ2n) is 5.99. The van der Waals surface area contributed by atoms with Crippen LogP contribution in [-0.2, 0) is 0 Å². The first-order valence-electron chi connectivity index (χ1n) is 6.08. The molecule has 0 bridgehead atoms. The molecule has 1 heteroatoms. The standard InChI is InChI=1S/C13H29N/c1-7-14-12(9-8-11(2)3)10-13(4,5)6/h11-12,14H,7-10H2,1-6H3. The highest BCUT2D eigenvalue weighted by atomic mass is 14.9. The molecule has 0 saturated heterocycles. The lowest BCUT2D eigenvalue weighted by molar-refractivity contribution is 0.290. The molecular formula is C13H29N. The molecule has 0 saturated carbocycles. The summed E-state index contributed by atoms with van der Waals surface area (Å²) in [6, 6.07) is 0.711. The first-order valence-corrected chi connectivity index (χ1v) is 6.08. The van der Waals surface area contributed by atoms with Crippen LogP contribution in [0.2, 0.25) is 0 Å².